The second-order valence-corrected chi connectivity index (χ2v) is 6.55. The molecule has 0 saturated heterocycles. The first-order chi connectivity index (χ1) is 13.6. The van der Waals surface area contributed by atoms with Crippen LogP contribution >= 0.6 is 12.2 Å². The fraction of sp³-hybridized carbons (Fsp3) is 0.316. The minimum Gasteiger partial charge on any atom is -0.495 e. The number of hydrogen-bond acceptors (Lipinski definition) is 7. The Morgan fingerprint density at radius 3 is 2.34 bits per heavy atom. The quantitative estimate of drug-likeness (QED) is 0.402. The number of allylic oxidation sites excluding steroid dienone is 2. The van der Waals surface area contributed by atoms with Crippen LogP contribution in [0.4, 0.5) is 10.5 Å². The van der Waals surface area contributed by atoms with Gasteiger partial charge in [-0.25, -0.2) is 4.79 Å². The predicted molar refractivity (Wildman–Crippen MR) is 111 cm³/mol. The number of methoxy groups -OCH3 is 3. The lowest BCUT2D eigenvalue weighted by Crippen LogP contribution is -2.66. The maximum Gasteiger partial charge on any atom is 0.317 e. The number of anilines is 1. The van der Waals surface area contributed by atoms with Gasteiger partial charge in [0.2, 0.25) is 5.91 Å². The van der Waals surface area contributed by atoms with Crippen LogP contribution in [-0.4, -0.2) is 54.8 Å². The standard InChI is InChI=1S/C19H23N3O6S/c1-11(23)21-14-8-6-5-7-13(14)12-9-15(26-2)19(25,28-4)18(10-12,27-3)16(29)22-17(20)24/h5-10,25H,1-4H3,(H,21,23)(H3,20,22,24,29). The van der Waals surface area contributed by atoms with E-state index >= 15 is 0 Å². The van der Waals surface area contributed by atoms with Gasteiger partial charge < -0.3 is 30.4 Å². The second kappa shape index (κ2) is 8.70. The molecule has 1 aliphatic rings. The van der Waals surface area contributed by atoms with E-state index in [2.05, 4.69) is 10.6 Å². The number of para-hydroxylation sites is 1. The number of urea groups is 1. The van der Waals surface area contributed by atoms with Gasteiger partial charge in [-0.1, -0.05) is 30.4 Å². The number of carbonyl (C=O) groups is 2. The molecule has 0 spiro atoms. The number of nitrogens with one attached hydrogen (secondary N) is 2. The molecule has 0 aromatic heterocycles. The highest BCUT2D eigenvalue weighted by molar-refractivity contribution is 7.80. The molecule has 2 unspecified atom stereocenters. The molecular weight excluding hydrogens is 398 g/mol. The molecule has 5 N–H and O–H groups in total. The first-order valence-corrected chi connectivity index (χ1v) is 8.85. The van der Waals surface area contributed by atoms with Crippen molar-refractivity contribution in [2.24, 2.45) is 5.73 Å². The second-order valence-electron chi connectivity index (χ2n) is 6.15. The van der Waals surface area contributed by atoms with Crippen molar-refractivity contribution in [1.29, 1.82) is 0 Å². The van der Waals surface area contributed by atoms with E-state index in [0.717, 1.165) is 0 Å². The Morgan fingerprint density at radius 1 is 1.17 bits per heavy atom. The summed E-state index contributed by atoms with van der Waals surface area (Å²) >= 11 is 5.31. The lowest BCUT2D eigenvalue weighted by atomic mass is 9.81. The van der Waals surface area contributed by atoms with Crippen LogP contribution in [0, 0.1) is 0 Å². The molecule has 2 atom stereocenters. The highest BCUT2D eigenvalue weighted by atomic mass is 32.1. The number of carbonyl (C=O) groups excluding carboxylic acids is 2. The lowest BCUT2D eigenvalue weighted by Gasteiger charge is -2.45. The van der Waals surface area contributed by atoms with E-state index in [4.69, 9.17) is 32.2 Å². The van der Waals surface area contributed by atoms with Crippen molar-refractivity contribution in [2.45, 2.75) is 18.3 Å². The van der Waals surface area contributed by atoms with Crippen LogP contribution < -0.4 is 16.4 Å². The van der Waals surface area contributed by atoms with Crippen molar-refractivity contribution in [1.82, 2.24) is 5.32 Å². The Labute approximate surface area is 173 Å². The molecule has 1 aliphatic carbocycles. The summed E-state index contributed by atoms with van der Waals surface area (Å²) in [5.41, 5.74) is 4.93. The molecule has 156 valence electrons. The molecule has 0 radical (unpaired) electrons. The van der Waals surface area contributed by atoms with Gasteiger partial charge in [0, 0.05) is 32.4 Å². The zero-order valence-corrected chi connectivity index (χ0v) is 17.3. The minimum atomic E-state index is -2.21. The van der Waals surface area contributed by atoms with Crippen molar-refractivity contribution in [3.63, 3.8) is 0 Å². The SMILES string of the molecule is COC1=CC(c2ccccc2NC(C)=O)=CC(OC)(C(=S)NC(N)=O)C1(O)OC. The number of amides is 3. The van der Waals surface area contributed by atoms with E-state index in [9.17, 15) is 14.7 Å². The molecular formula is C19H23N3O6S. The van der Waals surface area contributed by atoms with Crippen molar-refractivity contribution in [3.05, 3.63) is 47.7 Å². The summed E-state index contributed by atoms with van der Waals surface area (Å²) < 4.78 is 16.3. The number of benzene rings is 1. The third kappa shape index (κ3) is 4.01. The molecule has 1 aromatic carbocycles. The van der Waals surface area contributed by atoms with Gasteiger partial charge in [-0.3, -0.25) is 10.1 Å². The van der Waals surface area contributed by atoms with Gasteiger partial charge in [0.15, 0.2) is 11.4 Å². The van der Waals surface area contributed by atoms with Crippen molar-refractivity contribution < 1.29 is 28.9 Å². The van der Waals surface area contributed by atoms with E-state index in [-0.39, 0.29) is 16.7 Å². The monoisotopic (exact) mass is 421 g/mol. The number of aliphatic hydroxyl groups is 1. The van der Waals surface area contributed by atoms with E-state index < -0.39 is 17.4 Å². The molecule has 9 nitrogen and oxygen atoms in total. The normalized spacial score (nSPS) is 23.5. The lowest BCUT2D eigenvalue weighted by molar-refractivity contribution is -0.249. The van der Waals surface area contributed by atoms with Crippen LogP contribution in [0.15, 0.2) is 42.2 Å². The third-order valence-electron chi connectivity index (χ3n) is 4.44. The van der Waals surface area contributed by atoms with E-state index in [1.165, 1.54) is 40.4 Å². The average Bonchev–Trinajstić information content (AvgIpc) is 2.67. The van der Waals surface area contributed by atoms with Crippen LogP contribution in [0.3, 0.4) is 0 Å². The Kier molecular flexibility index (Phi) is 6.75. The van der Waals surface area contributed by atoms with Gasteiger partial charge in [0.05, 0.1) is 7.11 Å². The topological polar surface area (TPSA) is 132 Å². The van der Waals surface area contributed by atoms with E-state index in [0.29, 0.717) is 16.8 Å². The minimum absolute atomic E-state index is 0.0365. The zero-order valence-electron chi connectivity index (χ0n) is 16.4. The Hall–Kier alpha value is -2.79. The fourth-order valence-corrected chi connectivity index (χ4v) is 3.51. The van der Waals surface area contributed by atoms with Crippen molar-refractivity contribution in [3.8, 4) is 0 Å². The van der Waals surface area contributed by atoms with Gasteiger partial charge >= 0.3 is 6.03 Å². The fourth-order valence-electron chi connectivity index (χ4n) is 3.13. The number of thiocarbonyl (C=S) groups is 1. The molecule has 0 saturated carbocycles. The van der Waals surface area contributed by atoms with Gasteiger partial charge in [-0.05, 0) is 23.8 Å². The smallest absolute Gasteiger partial charge is 0.317 e. The summed E-state index contributed by atoms with van der Waals surface area (Å²) in [6, 6.07) is 6.06. The van der Waals surface area contributed by atoms with Crippen LogP contribution in [0.2, 0.25) is 0 Å². The maximum absolute atomic E-state index is 11.6. The van der Waals surface area contributed by atoms with E-state index in [1.807, 2.05) is 0 Å². The summed E-state index contributed by atoms with van der Waals surface area (Å²) in [6.45, 7) is 1.39. The van der Waals surface area contributed by atoms with Gasteiger partial charge in [0.25, 0.3) is 5.79 Å². The largest absolute Gasteiger partial charge is 0.495 e. The van der Waals surface area contributed by atoms with Gasteiger partial charge in [-0.2, -0.15) is 0 Å². The summed E-state index contributed by atoms with van der Waals surface area (Å²) in [6.07, 6.45) is 2.99. The predicted octanol–water partition coefficient (Wildman–Crippen LogP) is 1.29. The molecule has 2 rings (SSSR count). The molecule has 0 bridgehead atoms. The average molecular weight is 421 g/mol. The molecule has 1 aromatic rings. The summed E-state index contributed by atoms with van der Waals surface area (Å²) in [4.78, 5) is 22.8. The molecule has 10 heteroatoms. The van der Waals surface area contributed by atoms with Crippen LogP contribution in [0.5, 0.6) is 0 Å². The Morgan fingerprint density at radius 2 is 1.83 bits per heavy atom. The van der Waals surface area contributed by atoms with Gasteiger partial charge in [0.1, 0.15) is 4.99 Å². The summed E-state index contributed by atoms with van der Waals surface area (Å²) in [5, 5.41) is 16.3. The highest BCUT2D eigenvalue weighted by Gasteiger charge is 2.60. The van der Waals surface area contributed by atoms with Gasteiger partial charge in [-0.15, -0.1) is 0 Å². The van der Waals surface area contributed by atoms with Crippen LogP contribution in [0.25, 0.3) is 5.57 Å². The number of primary amides is 1. The first-order valence-electron chi connectivity index (χ1n) is 8.44. The van der Waals surface area contributed by atoms with Crippen LogP contribution in [0.1, 0.15) is 12.5 Å². The molecule has 3 amide bonds. The Bertz CT molecular complexity index is 900. The number of ether oxygens (including phenoxy) is 3. The first kappa shape index (κ1) is 22.5. The zero-order chi connectivity index (χ0) is 21.8. The third-order valence-corrected chi connectivity index (χ3v) is 4.85. The number of hydrogen-bond donors (Lipinski definition) is 4. The molecule has 29 heavy (non-hydrogen) atoms. The molecule has 0 aliphatic heterocycles. The number of rotatable bonds is 6. The molecule has 0 heterocycles. The highest BCUT2D eigenvalue weighted by Crippen LogP contribution is 2.44. The van der Waals surface area contributed by atoms with Crippen molar-refractivity contribution in [2.75, 3.05) is 26.6 Å². The Balaban J connectivity index is 2.77. The number of nitrogens with two attached hydrogens (primary N) is 1. The van der Waals surface area contributed by atoms with Crippen molar-refractivity contribution >= 4 is 40.4 Å². The summed E-state index contributed by atoms with van der Waals surface area (Å²) in [7, 11) is 3.85. The van der Waals surface area contributed by atoms with E-state index in [1.54, 1.807) is 24.3 Å². The maximum atomic E-state index is 11.6. The summed E-state index contributed by atoms with van der Waals surface area (Å²) in [5.74, 6) is -2.50. The molecule has 0 fully saturated rings. The van der Waals surface area contributed by atoms with Crippen LogP contribution in [-0.2, 0) is 19.0 Å².